The van der Waals surface area contributed by atoms with Gasteiger partial charge in [-0.15, -0.1) is 0 Å². The van der Waals surface area contributed by atoms with Crippen molar-refractivity contribution >= 4 is 11.8 Å². The Labute approximate surface area is 70.8 Å². The fraction of sp³-hybridized carbons (Fsp3) is 0.714. The molecule has 0 fully saturated rings. The number of methoxy groups -OCH3 is 1. The summed E-state index contributed by atoms with van der Waals surface area (Å²) in [5.74, 6) is -1.72. The minimum atomic E-state index is -0.849. The lowest BCUT2D eigenvalue weighted by atomic mass is 10.1. The molecular formula is C7H13NO4. The van der Waals surface area contributed by atoms with Crippen LogP contribution in [0.4, 0.5) is 0 Å². The van der Waals surface area contributed by atoms with Gasteiger partial charge < -0.3 is 15.2 Å². The molecule has 0 amide bonds. The maximum atomic E-state index is 10.9. The maximum absolute atomic E-state index is 10.9. The van der Waals surface area contributed by atoms with Gasteiger partial charge in [-0.2, -0.15) is 0 Å². The fourth-order valence-corrected chi connectivity index (χ4v) is 0.680. The van der Waals surface area contributed by atoms with Crippen molar-refractivity contribution in [1.82, 2.24) is 0 Å². The molecule has 1 unspecified atom stereocenters. The van der Waals surface area contributed by atoms with Crippen molar-refractivity contribution in [3.63, 3.8) is 0 Å². The van der Waals surface area contributed by atoms with Gasteiger partial charge in [0.25, 0.3) is 0 Å². The minimum Gasteiger partial charge on any atom is -0.468 e. The summed E-state index contributed by atoms with van der Waals surface area (Å²) in [4.78, 5) is 21.7. The van der Waals surface area contributed by atoms with Crippen LogP contribution in [0.5, 0.6) is 0 Å². The van der Waals surface area contributed by atoms with Crippen molar-refractivity contribution in [3.05, 3.63) is 0 Å². The molecule has 0 saturated heterocycles. The topological polar surface area (TPSA) is 78.6 Å². The fourth-order valence-electron chi connectivity index (χ4n) is 0.680. The molecule has 0 spiro atoms. The molecular weight excluding hydrogens is 162 g/mol. The van der Waals surface area contributed by atoms with Crippen molar-refractivity contribution in [2.45, 2.75) is 6.92 Å². The summed E-state index contributed by atoms with van der Waals surface area (Å²) < 4.78 is 9.13. The van der Waals surface area contributed by atoms with Gasteiger partial charge in [-0.05, 0) is 6.92 Å². The third kappa shape index (κ3) is 3.45. The number of hydrogen-bond donors (Lipinski definition) is 1. The largest absolute Gasteiger partial charge is 0.468 e. The molecule has 12 heavy (non-hydrogen) atoms. The molecule has 0 saturated carbocycles. The Morgan fingerprint density at radius 1 is 1.50 bits per heavy atom. The van der Waals surface area contributed by atoms with Crippen LogP contribution >= 0.6 is 0 Å². The van der Waals surface area contributed by atoms with E-state index in [-0.39, 0.29) is 19.1 Å². The zero-order valence-corrected chi connectivity index (χ0v) is 7.20. The van der Waals surface area contributed by atoms with E-state index in [9.17, 15) is 9.59 Å². The number of Topliss-reactive ketones (excluding diaryl/α,β-unsaturated/α-hetero) is 1. The summed E-state index contributed by atoms with van der Waals surface area (Å²) in [7, 11) is 1.22. The second kappa shape index (κ2) is 5.68. The third-order valence-electron chi connectivity index (χ3n) is 1.38. The van der Waals surface area contributed by atoms with Crippen molar-refractivity contribution in [2.24, 2.45) is 11.7 Å². The van der Waals surface area contributed by atoms with Crippen molar-refractivity contribution in [2.75, 3.05) is 20.4 Å². The molecule has 0 rings (SSSR count). The van der Waals surface area contributed by atoms with E-state index in [0.717, 1.165) is 0 Å². The molecule has 5 heteroatoms. The number of esters is 1. The first-order valence-electron chi connectivity index (χ1n) is 3.49. The van der Waals surface area contributed by atoms with E-state index in [2.05, 4.69) is 4.74 Å². The molecule has 0 aromatic carbocycles. The van der Waals surface area contributed by atoms with E-state index >= 15 is 0 Å². The van der Waals surface area contributed by atoms with E-state index < -0.39 is 11.9 Å². The highest BCUT2D eigenvalue weighted by Crippen LogP contribution is 2.01. The van der Waals surface area contributed by atoms with Gasteiger partial charge in [-0.25, -0.2) is 0 Å². The Morgan fingerprint density at radius 3 is 2.42 bits per heavy atom. The Kier molecular flexibility index (Phi) is 5.23. The molecule has 1 atom stereocenters. The zero-order valence-electron chi connectivity index (χ0n) is 7.20. The van der Waals surface area contributed by atoms with E-state index in [4.69, 9.17) is 10.5 Å². The van der Waals surface area contributed by atoms with Gasteiger partial charge in [0.1, 0.15) is 11.7 Å². The molecule has 0 radical (unpaired) electrons. The van der Waals surface area contributed by atoms with Crippen LogP contribution in [0.15, 0.2) is 0 Å². The first-order chi connectivity index (χ1) is 5.63. The van der Waals surface area contributed by atoms with Crippen LogP contribution in [-0.4, -0.2) is 32.2 Å². The van der Waals surface area contributed by atoms with Gasteiger partial charge >= 0.3 is 5.97 Å². The summed E-state index contributed by atoms with van der Waals surface area (Å²) in [5, 5.41) is 0. The molecule has 70 valence electrons. The second-order valence-electron chi connectivity index (χ2n) is 2.22. The van der Waals surface area contributed by atoms with Crippen LogP contribution in [0.3, 0.4) is 0 Å². The first-order valence-corrected chi connectivity index (χ1v) is 3.49. The Hall–Kier alpha value is -0.940. The maximum Gasteiger partial charge on any atom is 0.318 e. The van der Waals surface area contributed by atoms with Gasteiger partial charge in [-0.1, -0.05) is 0 Å². The summed E-state index contributed by atoms with van der Waals surface area (Å²) in [6.07, 6.45) is 0. The number of ketones is 1. The smallest absolute Gasteiger partial charge is 0.318 e. The van der Waals surface area contributed by atoms with E-state index in [0.29, 0.717) is 0 Å². The first kappa shape index (κ1) is 11.1. The Bertz CT molecular complexity index is 169. The molecule has 0 aromatic rings. The monoisotopic (exact) mass is 175 g/mol. The summed E-state index contributed by atoms with van der Waals surface area (Å²) >= 11 is 0. The predicted molar refractivity (Wildman–Crippen MR) is 41.2 cm³/mol. The number of carbonyl (C=O) groups is 2. The van der Waals surface area contributed by atoms with Gasteiger partial charge in [-0.3, -0.25) is 9.59 Å². The lowest BCUT2D eigenvalue weighted by molar-refractivity contribution is -0.151. The van der Waals surface area contributed by atoms with Crippen LogP contribution in [0.2, 0.25) is 0 Å². The summed E-state index contributed by atoms with van der Waals surface area (Å²) in [6, 6.07) is 0. The lowest BCUT2D eigenvalue weighted by Gasteiger charge is -2.10. The quantitative estimate of drug-likeness (QED) is 0.339. The highest BCUT2D eigenvalue weighted by atomic mass is 16.5. The van der Waals surface area contributed by atoms with Crippen LogP contribution in [0, 0.1) is 5.92 Å². The van der Waals surface area contributed by atoms with Crippen LogP contribution in [0.1, 0.15) is 6.92 Å². The molecule has 0 aliphatic heterocycles. The van der Waals surface area contributed by atoms with Crippen molar-refractivity contribution < 1.29 is 19.1 Å². The van der Waals surface area contributed by atoms with Gasteiger partial charge in [0.05, 0.1) is 20.4 Å². The molecule has 2 N–H and O–H groups in total. The van der Waals surface area contributed by atoms with Gasteiger partial charge in [0, 0.05) is 0 Å². The Morgan fingerprint density at radius 2 is 2.08 bits per heavy atom. The van der Waals surface area contributed by atoms with Crippen LogP contribution in [-0.2, 0) is 19.1 Å². The van der Waals surface area contributed by atoms with Gasteiger partial charge in [0.15, 0.2) is 0 Å². The molecule has 0 heterocycles. The number of ether oxygens (including phenoxy) is 2. The standard InChI is InChI=1S/C7H13NO4/c1-5(9)6(3-12-4-8)7(10)11-2/h6H,3-4,8H2,1-2H3. The van der Waals surface area contributed by atoms with Gasteiger partial charge in [0.2, 0.25) is 0 Å². The highest BCUT2D eigenvalue weighted by Gasteiger charge is 2.23. The average Bonchev–Trinajstić information content (AvgIpc) is 2.04. The van der Waals surface area contributed by atoms with Crippen LogP contribution < -0.4 is 5.73 Å². The molecule has 0 aliphatic rings. The third-order valence-corrected chi connectivity index (χ3v) is 1.38. The number of hydrogen-bond acceptors (Lipinski definition) is 5. The molecule has 0 bridgehead atoms. The van der Waals surface area contributed by atoms with Crippen molar-refractivity contribution in [3.8, 4) is 0 Å². The lowest BCUT2D eigenvalue weighted by Crippen LogP contribution is -2.29. The Balaban J connectivity index is 4.04. The van der Waals surface area contributed by atoms with E-state index in [1.165, 1.54) is 14.0 Å². The molecule has 0 aromatic heterocycles. The highest BCUT2D eigenvalue weighted by molar-refractivity contribution is 5.97. The van der Waals surface area contributed by atoms with E-state index in [1.54, 1.807) is 0 Å². The predicted octanol–water partition coefficient (Wildman–Crippen LogP) is -0.703. The SMILES string of the molecule is COC(=O)C(COCN)C(C)=O. The summed E-state index contributed by atoms with van der Waals surface area (Å²) in [5.41, 5.74) is 5.03. The minimum absolute atomic E-state index is 0.0131. The van der Waals surface area contributed by atoms with E-state index in [1.807, 2.05) is 0 Å². The normalized spacial score (nSPS) is 12.2. The average molecular weight is 175 g/mol. The molecule has 0 aliphatic carbocycles. The number of nitrogens with two attached hydrogens (primary N) is 1. The molecule has 5 nitrogen and oxygen atoms in total. The van der Waals surface area contributed by atoms with Crippen molar-refractivity contribution in [1.29, 1.82) is 0 Å². The van der Waals surface area contributed by atoms with Crippen LogP contribution in [0.25, 0.3) is 0 Å². The number of carbonyl (C=O) groups excluding carboxylic acids is 2. The second-order valence-corrected chi connectivity index (χ2v) is 2.22. The zero-order chi connectivity index (χ0) is 9.56. The number of rotatable bonds is 5. The summed E-state index contributed by atoms with van der Waals surface area (Å²) in [6.45, 7) is 1.28.